The monoisotopic (exact) mass is 444 g/mol. The Morgan fingerprint density at radius 1 is 1.10 bits per heavy atom. The van der Waals surface area contributed by atoms with Crippen LogP contribution in [0.3, 0.4) is 0 Å². The number of halogens is 1. The summed E-state index contributed by atoms with van der Waals surface area (Å²) in [5.41, 5.74) is 1.93. The second-order valence-corrected chi connectivity index (χ2v) is 7.86. The number of methoxy groups -OCH3 is 1. The van der Waals surface area contributed by atoms with E-state index in [1.54, 1.807) is 36.4 Å². The number of likely N-dealkylation sites (tertiary alicyclic amines) is 1. The van der Waals surface area contributed by atoms with Crippen molar-refractivity contribution in [3.8, 4) is 5.75 Å². The minimum atomic E-state index is -0.538. The van der Waals surface area contributed by atoms with Crippen molar-refractivity contribution in [3.63, 3.8) is 0 Å². The maximum absolute atomic E-state index is 12.6. The zero-order valence-electron chi connectivity index (χ0n) is 17.9. The van der Waals surface area contributed by atoms with Crippen LogP contribution in [-0.4, -0.2) is 50.1 Å². The van der Waals surface area contributed by atoms with E-state index in [-0.39, 0.29) is 11.5 Å². The Bertz CT molecular complexity index is 897. The van der Waals surface area contributed by atoms with Crippen LogP contribution in [0.1, 0.15) is 52.0 Å². The Balaban J connectivity index is 1.63. The quantitative estimate of drug-likeness (QED) is 0.344. The third-order valence-electron chi connectivity index (χ3n) is 5.32. The predicted molar refractivity (Wildman–Crippen MR) is 122 cm³/mol. The van der Waals surface area contributed by atoms with Gasteiger partial charge >= 0.3 is 5.97 Å². The van der Waals surface area contributed by atoms with Gasteiger partial charge in [0.05, 0.1) is 25.0 Å². The summed E-state index contributed by atoms with van der Waals surface area (Å²) in [4.78, 5) is 27.4. The van der Waals surface area contributed by atoms with E-state index in [0.29, 0.717) is 29.5 Å². The Kier molecular flexibility index (Phi) is 8.74. The van der Waals surface area contributed by atoms with E-state index >= 15 is 0 Å². The van der Waals surface area contributed by atoms with Crippen LogP contribution in [-0.2, 0) is 10.6 Å². The van der Waals surface area contributed by atoms with E-state index in [2.05, 4.69) is 10.2 Å². The maximum atomic E-state index is 12.6. The normalized spacial score (nSPS) is 14.1. The summed E-state index contributed by atoms with van der Waals surface area (Å²) in [7, 11) is 1.31. The third kappa shape index (κ3) is 6.71. The van der Waals surface area contributed by atoms with E-state index in [9.17, 15) is 9.59 Å². The maximum Gasteiger partial charge on any atom is 0.340 e. The molecule has 0 aromatic heterocycles. The highest BCUT2D eigenvalue weighted by molar-refractivity contribution is 6.17. The number of anilines is 1. The number of ether oxygens (including phenoxy) is 2. The van der Waals surface area contributed by atoms with Crippen molar-refractivity contribution < 1.29 is 19.1 Å². The van der Waals surface area contributed by atoms with E-state index in [0.717, 1.165) is 31.6 Å². The molecule has 6 nitrogen and oxygen atoms in total. The lowest BCUT2D eigenvalue weighted by atomic mass is 10.1. The Hall–Kier alpha value is -2.57. The van der Waals surface area contributed by atoms with Crippen molar-refractivity contribution in [2.75, 3.05) is 38.7 Å². The molecule has 0 unspecified atom stereocenters. The fraction of sp³-hybridized carbons (Fsp3) is 0.417. The minimum absolute atomic E-state index is 0.248. The number of piperidine rings is 1. The molecule has 1 amide bonds. The molecule has 1 fully saturated rings. The molecule has 2 aromatic carbocycles. The molecule has 0 atom stereocenters. The van der Waals surface area contributed by atoms with Gasteiger partial charge in [-0.05, 0) is 68.2 Å². The summed E-state index contributed by atoms with van der Waals surface area (Å²) >= 11 is 5.85. The van der Waals surface area contributed by atoms with Crippen LogP contribution in [0.15, 0.2) is 42.5 Å². The van der Waals surface area contributed by atoms with Crippen molar-refractivity contribution in [1.82, 2.24) is 4.90 Å². The van der Waals surface area contributed by atoms with Crippen LogP contribution < -0.4 is 10.1 Å². The average molecular weight is 445 g/mol. The van der Waals surface area contributed by atoms with Gasteiger partial charge in [0.1, 0.15) is 5.75 Å². The molecule has 0 spiro atoms. The van der Waals surface area contributed by atoms with Crippen molar-refractivity contribution >= 4 is 29.2 Å². The topological polar surface area (TPSA) is 67.9 Å². The molecular weight excluding hydrogens is 416 g/mol. The number of esters is 1. The molecule has 2 aromatic rings. The van der Waals surface area contributed by atoms with Crippen molar-refractivity contribution in [1.29, 1.82) is 0 Å². The van der Waals surface area contributed by atoms with Crippen LogP contribution in [0.5, 0.6) is 5.75 Å². The molecule has 1 aliphatic rings. The largest absolute Gasteiger partial charge is 0.494 e. The van der Waals surface area contributed by atoms with E-state index < -0.39 is 5.97 Å². The highest BCUT2D eigenvalue weighted by Crippen LogP contribution is 2.24. The Morgan fingerprint density at radius 2 is 1.90 bits per heavy atom. The van der Waals surface area contributed by atoms with Crippen LogP contribution in [0.4, 0.5) is 5.69 Å². The molecular formula is C24H29ClN2O4. The summed E-state index contributed by atoms with van der Waals surface area (Å²) < 4.78 is 10.7. The Morgan fingerprint density at radius 3 is 2.65 bits per heavy atom. The predicted octanol–water partition coefficient (Wildman–Crippen LogP) is 4.72. The van der Waals surface area contributed by atoms with E-state index in [1.807, 2.05) is 6.07 Å². The van der Waals surface area contributed by atoms with E-state index in [4.69, 9.17) is 21.1 Å². The number of alkyl halides is 1. The lowest BCUT2D eigenvalue weighted by Crippen LogP contribution is -2.31. The molecule has 31 heavy (non-hydrogen) atoms. The smallest absolute Gasteiger partial charge is 0.340 e. The van der Waals surface area contributed by atoms with Gasteiger partial charge in [0.2, 0.25) is 0 Å². The lowest BCUT2D eigenvalue weighted by molar-refractivity contribution is 0.0601. The number of nitrogens with one attached hydrogen (secondary N) is 1. The number of benzene rings is 2. The number of hydrogen-bond acceptors (Lipinski definition) is 5. The molecule has 1 aliphatic heterocycles. The fourth-order valence-electron chi connectivity index (χ4n) is 3.65. The first-order valence-electron chi connectivity index (χ1n) is 10.6. The second kappa shape index (κ2) is 11.7. The van der Waals surface area contributed by atoms with Crippen LogP contribution in [0.25, 0.3) is 0 Å². The Labute approximate surface area is 188 Å². The number of carbonyl (C=O) groups excluding carboxylic acids is 2. The fourth-order valence-corrected chi connectivity index (χ4v) is 3.82. The number of carbonyl (C=O) groups is 2. The zero-order valence-corrected chi connectivity index (χ0v) is 18.6. The number of amides is 1. The van der Waals surface area contributed by atoms with Gasteiger partial charge in [0.15, 0.2) is 0 Å². The molecule has 0 aliphatic carbocycles. The third-order valence-corrected chi connectivity index (χ3v) is 5.63. The van der Waals surface area contributed by atoms with Gasteiger partial charge in [0.25, 0.3) is 5.91 Å². The number of rotatable bonds is 9. The summed E-state index contributed by atoms with van der Waals surface area (Å²) in [6.45, 7) is 3.90. The first-order chi connectivity index (χ1) is 15.1. The highest BCUT2D eigenvalue weighted by Gasteiger charge is 2.17. The number of hydrogen-bond donors (Lipinski definition) is 1. The molecule has 1 saturated heterocycles. The molecule has 0 saturated carbocycles. The number of nitrogens with zero attached hydrogens (tertiary/aromatic N) is 1. The van der Waals surface area contributed by atoms with Gasteiger partial charge in [-0.15, -0.1) is 11.6 Å². The van der Waals surface area contributed by atoms with Crippen LogP contribution >= 0.6 is 11.6 Å². The average Bonchev–Trinajstić information content (AvgIpc) is 2.82. The van der Waals surface area contributed by atoms with Gasteiger partial charge in [-0.3, -0.25) is 4.79 Å². The first-order valence-corrected chi connectivity index (χ1v) is 11.2. The summed E-state index contributed by atoms with van der Waals surface area (Å²) in [6, 6.07) is 12.1. The lowest BCUT2D eigenvalue weighted by Gasteiger charge is -2.26. The van der Waals surface area contributed by atoms with Crippen LogP contribution in [0.2, 0.25) is 0 Å². The zero-order chi connectivity index (χ0) is 22.1. The van der Waals surface area contributed by atoms with Gasteiger partial charge in [0, 0.05) is 18.0 Å². The molecule has 7 heteroatoms. The SMILES string of the molecule is COC(=O)c1cc(OCCCN2CCCCC2)ccc1NC(=O)c1cccc(CCl)c1. The van der Waals surface area contributed by atoms with Crippen molar-refractivity contribution in [3.05, 3.63) is 59.2 Å². The molecule has 0 radical (unpaired) electrons. The van der Waals surface area contributed by atoms with Gasteiger partial charge in [-0.25, -0.2) is 4.79 Å². The summed E-state index contributed by atoms with van der Waals surface area (Å²) in [6.07, 6.45) is 4.78. The van der Waals surface area contributed by atoms with Gasteiger partial charge in [-0.2, -0.15) is 0 Å². The standard InChI is InChI=1S/C24H29ClN2O4/c1-30-24(29)21-16-20(31-14-6-13-27-11-3-2-4-12-27)9-10-22(21)26-23(28)19-8-5-7-18(15-19)17-25/h5,7-10,15-16H,2-4,6,11-14,17H2,1H3,(H,26,28). The molecule has 0 bridgehead atoms. The van der Waals surface area contributed by atoms with Gasteiger partial charge in [-0.1, -0.05) is 18.6 Å². The highest BCUT2D eigenvalue weighted by atomic mass is 35.5. The van der Waals surface area contributed by atoms with Crippen molar-refractivity contribution in [2.45, 2.75) is 31.6 Å². The molecule has 166 valence electrons. The van der Waals surface area contributed by atoms with Crippen molar-refractivity contribution in [2.24, 2.45) is 0 Å². The second-order valence-electron chi connectivity index (χ2n) is 7.59. The summed E-state index contributed by atoms with van der Waals surface area (Å²) in [5, 5.41) is 2.79. The molecule has 3 rings (SSSR count). The van der Waals surface area contributed by atoms with Gasteiger partial charge < -0.3 is 19.7 Å². The van der Waals surface area contributed by atoms with E-state index in [1.165, 1.54) is 26.4 Å². The molecule has 1 heterocycles. The van der Waals surface area contributed by atoms with Crippen LogP contribution in [0, 0.1) is 0 Å². The summed E-state index contributed by atoms with van der Waals surface area (Å²) in [5.74, 6) is 0.0234. The molecule has 1 N–H and O–H groups in total. The minimum Gasteiger partial charge on any atom is -0.494 e. The first kappa shape index (κ1) is 23.1.